The molecule has 0 aliphatic carbocycles. The van der Waals surface area contributed by atoms with Crippen LogP contribution in [0.25, 0.3) is 0 Å². The number of hydrogen-bond acceptors (Lipinski definition) is 2. The third kappa shape index (κ3) is 4.91. The molecular weight excluding hydrogens is 224 g/mol. The lowest BCUT2D eigenvalue weighted by atomic mass is 9.94. The minimum absolute atomic E-state index is 0.0798. The summed E-state index contributed by atoms with van der Waals surface area (Å²) in [7, 11) is 0. The fourth-order valence-electron chi connectivity index (χ4n) is 2.10. The number of rotatable bonds is 8. The molecule has 0 spiro atoms. The van der Waals surface area contributed by atoms with Gasteiger partial charge in [0, 0.05) is 11.5 Å². The molecule has 1 unspecified atom stereocenters. The first-order valence-corrected chi connectivity index (χ1v) is 6.98. The molecular formula is C16H24O2. The Bertz CT molecular complexity index is 354. The van der Waals surface area contributed by atoms with Crippen LogP contribution in [0.1, 0.15) is 62.7 Å². The smallest absolute Gasteiger partial charge is 0.165 e. The average molecular weight is 248 g/mol. The van der Waals surface area contributed by atoms with Crippen molar-refractivity contribution in [3.05, 3.63) is 29.8 Å². The van der Waals surface area contributed by atoms with Crippen molar-refractivity contribution in [2.75, 3.05) is 0 Å². The van der Waals surface area contributed by atoms with Gasteiger partial charge in [0.2, 0.25) is 0 Å². The van der Waals surface area contributed by atoms with Gasteiger partial charge in [-0.05, 0) is 30.7 Å². The number of hydrogen-bond donors (Lipinski definition) is 1. The number of carbonyl (C=O) groups is 1. The molecule has 1 aromatic carbocycles. The zero-order chi connectivity index (χ0) is 13.4. The summed E-state index contributed by atoms with van der Waals surface area (Å²) in [6.45, 7) is 4.20. The Morgan fingerprint density at radius 2 is 1.72 bits per heavy atom. The summed E-state index contributed by atoms with van der Waals surface area (Å²) in [6.07, 6.45) is 7.13. The fraction of sp³-hybridized carbons (Fsp3) is 0.562. The number of benzene rings is 1. The molecule has 100 valence electrons. The Morgan fingerprint density at radius 3 is 2.33 bits per heavy atom. The number of phenols is 1. The topological polar surface area (TPSA) is 37.3 Å². The molecule has 1 rings (SSSR count). The molecule has 2 nitrogen and oxygen atoms in total. The molecule has 0 amide bonds. The van der Waals surface area contributed by atoms with Gasteiger partial charge in [-0.3, -0.25) is 4.79 Å². The molecule has 1 atom stereocenters. The maximum Gasteiger partial charge on any atom is 0.165 e. The molecule has 0 radical (unpaired) electrons. The Labute approximate surface area is 110 Å². The molecule has 2 heteroatoms. The molecule has 1 aromatic rings. The number of carbonyl (C=O) groups excluding carboxylic acids is 1. The van der Waals surface area contributed by atoms with Gasteiger partial charge in [-0.15, -0.1) is 0 Å². The van der Waals surface area contributed by atoms with Gasteiger partial charge in [-0.25, -0.2) is 0 Å². The lowest BCUT2D eigenvalue weighted by molar-refractivity contribution is 0.0922. The van der Waals surface area contributed by atoms with Gasteiger partial charge in [0.05, 0.1) is 0 Å². The van der Waals surface area contributed by atoms with E-state index in [1.807, 2.05) is 6.92 Å². The highest BCUT2D eigenvalue weighted by Crippen LogP contribution is 2.18. The van der Waals surface area contributed by atoms with E-state index in [4.69, 9.17) is 0 Å². The van der Waals surface area contributed by atoms with E-state index in [-0.39, 0.29) is 17.5 Å². The molecule has 0 saturated heterocycles. The summed E-state index contributed by atoms with van der Waals surface area (Å²) in [5.74, 6) is 0.473. The second-order valence-corrected chi connectivity index (χ2v) is 5.02. The molecule has 0 bridgehead atoms. The van der Waals surface area contributed by atoms with Crippen LogP contribution < -0.4 is 0 Å². The highest BCUT2D eigenvalue weighted by molar-refractivity contribution is 5.97. The molecule has 1 N–H and O–H groups in total. The predicted octanol–water partition coefficient (Wildman–Crippen LogP) is 4.57. The Hall–Kier alpha value is -1.31. The van der Waals surface area contributed by atoms with E-state index in [0.717, 1.165) is 12.8 Å². The van der Waals surface area contributed by atoms with Crippen molar-refractivity contribution in [2.24, 2.45) is 5.92 Å². The molecule has 0 heterocycles. The molecule has 0 saturated carbocycles. The van der Waals surface area contributed by atoms with Crippen LogP contribution in [0.3, 0.4) is 0 Å². The first-order chi connectivity index (χ1) is 8.65. The van der Waals surface area contributed by atoms with Crippen LogP contribution in [-0.4, -0.2) is 10.9 Å². The zero-order valence-electron chi connectivity index (χ0n) is 11.5. The maximum absolute atomic E-state index is 12.1. The van der Waals surface area contributed by atoms with Crippen molar-refractivity contribution in [2.45, 2.75) is 52.4 Å². The summed E-state index contributed by atoms with van der Waals surface area (Å²) in [5.41, 5.74) is 0.703. The standard InChI is InChI=1S/C16H24O2/c1-3-4-5-6-7-8-13(2)16(18)14-9-11-15(17)12-10-14/h9-13,17H,3-8H2,1-2H3. The average Bonchev–Trinajstić information content (AvgIpc) is 2.38. The van der Waals surface area contributed by atoms with Gasteiger partial charge in [-0.1, -0.05) is 46.0 Å². The second-order valence-electron chi connectivity index (χ2n) is 5.02. The van der Waals surface area contributed by atoms with Crippen molar-refractivity contribution in [3.63, 3.8) is 0 Å². The molecule has 0 aromatic heterocycles. The minimum Gasteiger partial charge on any atom is -0.508 e. The van der Waals surface area contributed by atoms with Crippen LogP contribution in [0, 0.1) is 5.92 Å². The van der Waals surface area contributed by atoms with E-state index < -0.39 is 0 Å². The SMILES string of the molecule is CCCCCCCC(C)C(=O)c1ccc(O)cc1. The number of phenolic OH excluding ortho intramolecular Hbond substituents is 1. The summed E-state index contributed by atoms with van der Waals surface area (Å²) < 4.78 is 0. The van der Waals surface area contributed by atoms with E-state index in [1.165, 1.54) is 25.7 Å². The van der Waals surface area contributed by atoms with Crippen LogP contribution >= 0.6 is 0 Å². The van der Waals surface area contributed by atoms with Gasteiger partial charge < -0.3 is 5.11 Å². The third-order valence-electron chi connectivity index (χ3n) is 3.34. The Kier molecular flexibility index (Phi) is 6.48. The van der Waals surface area contributed by atoms with Crippen molar-refractivity contribution in [1.82, 2.24) is 0 Å². The van der Waals surface area contributed by atoms with Crippen molar-refractivity contribution in [1.29, 1.82) is 0 Å². The first-order valence-electron chi connectivity index (χ1n) is 6.98. The van der Waals surface area contributed by atoms with Crippen molar-refractivity contribution < 1.29 is 9.90 Å². The quantitative estimate of drug-likeness (QED) is 0.540. The largest absolute Gasteiger partial charge is 0.508 e. The zero-order valence-corrected chi connectivity index (χ0v) is 11.5. The summed E-state index contributed by atoms with van der Waals surface area (Å²) in [5, 5.41) is 9.19. The summed E-state index contributed by atoms with van der Waals surface area (Å²) in [6, 6.07) is 6.54. The lowest BCUT2D eigenvalue weighted by Crippen LogP contribution is -2.11. The van der Waals surface area contributed by atoms with Gasteiger partial charge in [0.1, 0.15) is 5.75 Å². The van der Waals surface area contributed by atoms with Crippen LogP contribution in [0.5, 0.6) is 5.75 Å². The maximum atomic E-state index is 12.1. The highest BCUT2D eigenvalue weighted by Gasteiger charge is 2.14. The first kappa shape index (κ1) is 14.7. The minimum atomic E-state index is 0.0798. The number of aromatic hydroxyl groups is 1. The van der Waals surface area contributed by atoms with Crippen LogP contribution in [0.4, 0.5) is 0 Å². The van der Waals surface area contributed by atoms with Crippen LogP contribution in [-0.2, 0) is 0 Å². The van der Waals surface area contributed by atoms with Gasteiger partial charge >= 0.3 is 0 Å². The van der Waals surface area contributed by atoms with E-state index in [2.05, 4.69) is 6.92 Å². The molecule has 0 aliphatic heterocycles. The predicted molar refractivity (Wildman–Crippen MR) is 75.0 cm³/mol. The van der Waals surface area contributed by atoms with Crippen LogP contribution in [0.15, 0.2) is 24.3 Å². The second kappa shape index (κ2) is 7.91. The summed E-state index contributed by atoms with van der Waals surface area (Å²) in [4.78, 5) is 12.1. The molecule has 18 heavy (non-hydrogen) atoms. The van der Waals surface area contributed by atoms with Gasteiger partial charge in [-0.2, -0.15) is 0 Å². The monoisotopic (exact) mass is 248 g/mol. The van der Waals surface area contributed by atoms with Crippen molar-refractivity contribution >= 4 is 5.78 Å². The number of ketones is 1. The van der Waals surface area contributed by atoms with Crippen molar-refractivity contribution in [3.8, 4) is 5.75 Å². The molecule has 0 aliphatic rings. The van der Waals surface area contributed by atoms with Gasteiger partial charge in [0.25, 0.3) is 0 Å². The molecule has 0 fully saturated rings. The van der Waals surface area contributed by atoms with E-state index >= 15 is 0 Å². The fourth-order valence-corrected chi connectivity index (χ4v) is 2.10. The summed E-state index contributed by atoms with van der Waals surface area (Å²) >= 11 is 0. The highest BCUT2D eigenvalue weighted by atomic mass is 16.3. The van der Waals surface area contributed by atoms with E-state index in [9.17, 15) is 9.90 Å². The third-order valence-corrected chi connectivity index (χ3v) is 3.34. The lowest BCUT2D eigenvalue weighted by Gasteiger charge is -2.10. The normalized spacial score (nSPS) is 12.3. The number of unbranched alkanes of at least 4 members (excludes halogenated alkanes) is 4. The van der Waals surface area contributed by atoms with Gasteiger partial charge in [0.15, 0.2) is 5.78 Å². The Balaban J connectivity index is 2.34. The van der Waals surface area contributed by atoms with E-state index in [0.29, 0.717) is 5.56 Å². The van der Waals surface area contributed by atoms with E-state index in [1.54, 1.807) is 24.3 Å². The number of Topliss-reactive ketones (excluding diaryl/α,β-unsaturated/α-hetero) is 1. The van der Waals surface area contributed by atoms with Crippen LogP contribution in [0.2, 0.25) is 0 Å². The Morgan fingerprint density at radius 1 is 1.11 bits per heavy atom.